The summed E-state index contributed by atoms with van der Waals surface area (Å²) in [5.41, 5.74) is -4.45. The maximum absolute atomic E-state index is 13.5. The molecule has 1 atom stereocenters. The zero-order chi connectivity index (χ0) is 13.8. The molecular weight excluding hydrogens is 281 g/mol. The Morgan fingerprint density at radius 1 is 1.06 bits per heavy atom. The summed E-state index contributed by atoms with van der Waals surface area (Å²) >= 11 is 0. The lowest BCUT2D eigenvalue weighted by Gasteiger charge is -2.39. The molecule has 0 saturated carbocycles. The third kappa shape index (κ3) is 1.86. The first-order valence-corrected chi connectivity index (χ1v) is 7.95. The van der Waals surface area contributed by atoms with Crippen LogP contribution >= 0.6 is 19.9 Å². The van der Waals surface area contributed by atoms with Crippen molar-refractivity contribution in [1.29, 1.82) is 0 Å². The molecule has 0 saturated heterocycles. The summed E-state index contributed by atoms with van der Waals surface area (Å²) in [6.45, 7) is 5.29. The van der Waals surface area contributed by atoms with Gasteiger partial charge in [-0.3, -0.25) is 0 Å². The second-order valence-electron chi connectivity index (χ2n) is 5.28. The topological polar surface area (TPSA) is 0 Å². The van der Waals surface area contributed by atoms with Crippen LogP contribution in [0.2, 0.25) is 0 Å². The zero-order valence-corrected chi connectivity index (χ0v) is 11.9. The van der Waals surface area contributed by atoms with Crippen molar-refractivity contribution in [3.63, 3.8) is 0 Å². The number of allylic oxidation sites excluding steroid dienone is 1. The average molecular weight is 295 g/mol. The average Bonchev–Trinajstić information content (AvgIpc) is 2.53. The van der Waals surface area contributed by atoms with Crippen LogP contribution < -0.4 is 0 Å². The molecule has 0 amide bonds. The Balaban J connectivity index is 2.72. The minimum atomic E-state index is -4.43. The second kappa shape index (κ2) is 3.94. The minimum absolute atomic E-state index is 0.212. The second-order valence-corrected chi connectivity index (χ2v) is 9.09. The highest BCUT2D eigenvalue weighted by molar-refractivity contribution is 8.54. The molecule has 1 aromatic carbocycles. The van der Waals surface area contributed by atoms with Crippen molar-refractivity contribution < 1.29 is 13.2 Å². The van der Waals surface area contributed by atoms with Crippen LogP contribution in [0.3, 0.4) is 0 Å². The van der Waals surface area contributed by atoms with E-state index in [4.69, 9.17) is 10.7 Å². The van der Waals surface area contributed by atoms with E-state index < -0.39 is 20.2 Å². The maximum atomic E-state index is 13.5. The van der Waals surface area contributed by atoms with Crippen molar-refractivity contribution >= 4 is 26.0 Å². The predicted molar refractivity (Wildman–Crippen MR) is 71.6 cm³/mol. The SMILES string of the molecule is CC(C)(C)C1=Cc2ccccc2S1(Cl)C(F)(F)F. The standard InChI is InChI=1S/C13H14ClF3S/c1-12(2,3)11-8-9-6-4-5-7-10(9)18(11,14)13(15,16)17/h4-8H,1-3H3. The number of hydrogen-bond acceptors (Lipinski definition) is 0. The van der Waals surface area contributed by atoms with Crippen LogP contribution in [0.25, 0.3) is 6.08 Å². The van der Waals surface area contributed by atoms with E-state index in [1.165, 1.54) is 6.07 Å². The number of fused-ring (bicyclic) bond motifs is 1. The molecule has 1 aliphatic rings. The first kappa shape index (κ1) is 13.8. The fraction of sp³-hybridized carbons (Fsp3) is 0.385. The molecule has 0 N–H and O–H groups in total. The van der Waals surface area contributed by atoms with Gasteiger partial charge in [0.05, 0.1) is 0 Å². The fourth-order valence-electron chi connectivity index (χ4n) is 2.08. The highest BCUT2D eigenvalue weighted by Crippen LogP contribution is 2.82. The largest absolute Gasteiger partial charge is 0.445 e. The summed E-state index contributed by atoms with van der Waals surface area (Å²) in [5, 5.41) is 0. The Morgan fingerprint density at radius 2 is 1.61 bits per heavy atom. The van der Waals surface area contributed by atoms with E-state index >= 15 is 0 Å². The lowest BCUT2D eigenvalue weighted by Crippen LogP contribution is -2.22. The molecule has 0 aromatic heterocycles. The maximum Gasteiger partial charge on any atom is 0.445 e. The molecule has 2 rings (SSSR count). The minimum Gasteiger partial charge on any atom is -0.160 e. The lowest BCUT2D eigenvalue weighted by atomic mass is 9.95. The Morgan fingerprint density at radius 3 is 2.11 bits per heavy atom. The molecule has 0 bridgehead atoms. The van der Waals surface area contributed by atoms with Gasteiger partial charge in [-0.1, -0.05) is 39.0 Å². The third-order valence-corrected chi connectivity index (χ3v) is 7.34. The summed E-state index contributed by atoms with van der Waals surface area (Å²) in [5.74, 6) is 0. The van der Waals surface area contributed by atoms with Crippen molar-refractivity contribution in [2.45, 2.75) is 31.2 Å². The number of rotatable bonds is 0. The summed E-state index contributed by atoms with van der Waals surface area (Å²) in [6, 6.07) is 6.51. The van der Waals surface area contributed by atoms with Gasteiger partial charge in [-0.25, -0.2) is 0 Å². The van der Waals surface area contributed by atoms with Crippen molar-refractivity contribution in [1.82, 2.24) is 0 Å². The van der Waals surface area contributed by atoms with E-state index in [0.717, 1.165) is 0 Å². The monoisotopic (exact) mass is 294 g/mol. The Labute approximate surface area is 111 Å². The van der Waals surface area contributed by atoms with Crippen LogP contribution in [0.1, 0.15) is 26.3 Å². The molecule has 5 heteroatoms. The number of hydrogen-bond donors (Lipinski definition) is 0. The van der Waals surface area contributed by atoms with Gasteiger partial charge >= 0.3 is 5.51 Å². The summed E-state index contributed by atoms with van der Waals surface area (Å²) in [6.07, 6.45) is 1.60. The lowest BCUT2D eigenvalue weighted by molar-refractivity contribution is -0.0362. The number of alkyl halides is 3. The highest BCUT2D eigenvalue weighted by atomic mass is 35.7. The van der Waals surface area contributed by atoms with Crippen LogP contribution in [0, 0.1) is 5.41 Å². The smallest absolute Gasteiger partial charge is 0.160 e. The van der Waals surface area contributed by atoms with E-state index in [2.05, 4.69) is 0 Å². The molecule has 1 aliphatic heterocycles. The molecule has 0 fully saturated rings. The van der Waals surface area contributed by atoms with Crippen LogP contribution in [0.4, 0.5) is 13.2 Å². The third-order valence-electron chi connectivity index (χ3n) is 2.87. The van der Waals surface area contributed by atoms with Gasteiger partial charge in [0.25, 0.3) is 0 Å². The first-order valence-electron chi connectivity index (χ1n) is 5.49. The molecule has 0 nitrogen and oxygen atoms in total. The number of halogens is 4. The Hall–Kier alpha value is -0.610. The van der Waals surface area contributed by atoms with Gasteiger partial charge in [-0.15, -0.1) is 0 Å². The van der Waals surface area contributed by atoms with Crippen LogP contribution in [-0.2, 0) is 0 Å². The van der Waals surface area contributed by atoms with Gasteiger partial charge in [0, 0.05) is 4.90 Å². The summed E-state index contributed by atoms with van der Waals surface area (Å²) in [4.78, 5) is 0.495. The summed E-state index contributed by atoms with van der Waals surface area (Å²) in [7, 11) is 2.67. The highest BCUT2D eigenvalue weighted by Gasteiger charge is 2.57. The molecule has 1 aromatic rings. The van der Waals surface area contributed by atoms with Gasteiger partial charge in [-0.05, 0) is 47.9 Å². The van der Waals surface area contributed by atoms with E-state index in [-0.39, 0.29) is 9.80 Å². The van der Waals surface area contributed by atoms with Gasteiger partial charge in [-0.2, -0.15) is 13.2 Å². The molecule has 0 radical (unpaired) electrons. The van der Waals surface area contributed by atoms with Crippen LogP contribution in [-0.4, -0.2) is 5.51 Å². The van der Waals surface area contributed by atoms with Crippen LogP contribution in [0.5, 0.6) is 0 Å². The summed E-state index contributed by atoms with van der Waals surface area (Å²) < 4.78 is 40.4. The van der Waals surface area contributed by atoms with Crippen LogP contribution in [0.15, 0.2) is 34.1 Å². The molecule has 100 valence electrons. The van der Waals surface area contributed by atoms with Gasteiger partial charge < -0.3 is 0 Å². The normalized spacial score (nSPS) is 27.4. The van der Waals surface area contributed by atoms with Gasteiger partial charge in [0.1, 0.15) is 0 Å². The molecule has 0 aliphatic carbocycles. The van der Waals surface area contributed by atoms with E-state index in [9.17, 15) is 13.2 Å². The van der Waals surface area contributed by atoms with E-state index in [0.29, 0.717) is 5.56 Å². The van der Waals surface area contributed by atoms with E-state index in [1.54, 1.807) is 45.0 Å². The molecule has 1 unspecified atom stereocenters. The Bertz CT molecular complexity index is 514. The molecule has 1 heterocycles. The quantitative estimate of drug-likeness (QED) is 0.557. The number of benzene rings is 1. The first-order chi connectivity index (χ1) is 8.08. The van der Waals surface area contributed by atoms with Gasteiger partial charge in [0.2, 0.25) is 0 Å². The zero-order valence-electron chi connectivity index (χ0n) is 10.3. The van der Waals surface area contributed by atoms with E-state index in [1.807, 2.05) is 0 Å². The fourth-order valence-corrected chi connectivity index (χ4v) is 5.92. The van der Waals surface area contributed by atoms with Gasteiger partial charge in [0.15, 0.2) is 0 Å². The predicted octanol–water partition coefficient (Wildman–Crippen LogP) is 5.92. The Kier molecular flexibility index (Phi) is 3.02. The van der Waals surface area contributed by atoms with Crippen molar-refractivity contribution in [3.8, 4) is 0 Å². The molecule has 18 heavy (non-hydrogen) atoms. The van der Waals surface area contributed by atoms with Crippen molar-refractivity contribution in [2.75, 3.05) is 0 Å². The molecule has 0 spiro atoms. The molecular formula is C13H14ClF3S. The van der Waals surface area contributed by atoms with Crippen molar-refractivity contribution in [3.05, 3.63) is 34.7 Å². The van der Waals surface area contributed by atoms with Crippen molar-refractivity contribution in [2.24, 2.45) is 5.41 Å².